The van der Waals surface area contributed by atoms with Crippen LogP contribution in [0, 0.1) is 0 Å². The van der Waals surface area contributed by atoms with Crippen LogP contribution >= 0.6 is 35.0 Å². The Labute approximate surface area is 186 Å². The van der Waals surface area contributed by atoms with Crippen LogP contribution < -0.4 is 21.3 Å². The van der Waals surface area contributed by atoms with Gasteiger partial charge in [-0.1, -0.05) is 53.2 Å². The molecular weight excluding hydrogens is 449 g/mol. The number of nitrogens with one attached hydrogen (secondary N) is 2. The molecule has 0 unspecified atom stereocenters. The molecule has 0 spiro atoms. The molecule has 0 fully saturated rings. The second-order valence-electron chi connectivity index (χ2n) is 5.76. The average molecular weight is 466 g/mol. The number of hydrazone groups is 1. The molecule has 0 aliphatic rings. The van der Waals surface area contributed by atoms with Crippen LogP contribution in [0.15, 0.2) is 52.7 Å². The summed E-state index contributed by atoms with van der Waals surface area (Å²) in [5, 5.41) is 15.8. The van der Waals surface area contributed by atoms with E-state index in [0.29, 0.717) is 32.2 Å². The van der Waals surface area contributed by atoms with Gasteiger partial charge in [0.2, 0.25) is 11.1 Å². The Hall–Kier alpha value is -2.95. The zero-order valence-electron chi connectivity index (χ0n) is 15.7. The standard InChI is InChI=1S/C18H17Cl2N7O2S/c1-29-13-6-3-5-12(8-13)23-15(28)10-30-18-26-25-17(27(18)21)24-22-9-11-4-2-7-14(19)16(11)20/h2-9H,10,21H2,1H3,(H,23,28)(H,24,25)/b22-9+. The maximum Gasteiger partial charge on any atom is 0.264 e. The Kier molecular flexibility index (Phi) is 7.39. The molecule has 156 valence electrons. The molecule has 3 aromatic rings. The number of aromatic nitrogens is 3. The van der Waals surface area contributed by atoms with E-state index in [-0.39, 0.29) is 17.6 Å². The van der Waals surface area contributed by atoms with Crippen LogP contribution in [0.2, 0.25) is 10.0 Å². The van der Waals surface area contributed by atoms with Gasteiger partial charge in [-0.15, -0.1) is 10.2 Å². The minimum Gasteiger partial charge on any atom is -0.497 e. The van der Waals surface area contributed by atoms with Crippen LogP contribution in [0.5, 0.6) is 5.75 Å². The number of hydrogen-bond donors (Lipinski definition) is 3. The van der Waals surface area contributed by atoms with E-state index in [1.54, 1.807) is 49.6 Å². The number of nitrogens with zero attached hydrogens (tertiary/aromatic N) is 4. The second kappa shape index (κ2) is 10.2. The molecule has 2 aromatic carbocycles. The molecule has 9 nitrogen and oxygen atoms in total. The first kappa shape index (κ1) is 21.8. The number of hydrogen-bond acceptors (Lipinski definition) is 8. The highest BCUT2D eigenvalue weighted by molar-refractivity contribution is 7.99. The molecule has 0 atom stereocenters. The van der Waals surface area contributed by atoms with Gasteiger partial charge in [0.15, 0.2) is 0 Å². The van der Waals surface area contributed by atoms with Crippen LogP contribution in [0.1, 0.15) is 5.56 Å². The molecule has 1 aromatic heterocycles. The first-order chi connectivity index (χ1) is 14.5. The van der Waals surface area contributed by atoms with Gasteiger partial charge < -0.3 is 15.9 Å². The fourth-order valence-corrected chi connectivity index (χ4v) is 3.27. The summed E-state index contributed by atoms with van der Waals surface area (Å²) >= 11 is 13.2. The molecule has 1 heterocycles. The highest BCUT2D eigenvalue weighted by Gasteiger charge is 2.12. The van der Waals surface area contributed by atoms with E-state index in [1.165, 1.54) is 10.9 Å². The number of methoxy groups -OCH3 is 1. The maximum absolute atomic E-state index is 12.2. The van der Waals surface area contributed by atoms with Crippen LogP contribution in [0.4, 0.5) is 11.6 Å². The van der Waals surface area contributed by atoms with Crippen molar-refractivity contribution in [1.29, 1.82) is 0 Å². The summed E-state index contributed by atoms with van der Waals surface area (Å²) in [6.07, 6.45) is 1.48. The predicted molar refractivity (Wildman–Crippen MR) is 120 cm³/mol. The van der Waals surface area contributed by atoms with Gasteiger partial charge >= 0.3 is 0 Å². The lowest BCUT2D eigenvalue weighted by Gasteiger charge is -2.07. The van der Waals surface area contributed by atoms with E-state index >= 15 is 0 Å². The van der Waals surface area contributed by atoms with Crippen molar-refractivity contribution in [3.05, 3.63) is 58.1 Å². The average Bonchev–Trinajstić information content (AvgIpc) is 3.09. The second-order valence-corrected chi connectivity index (χ2v) is 7.49. The lowest BCUT2D eigenvalue weighted by atomic mass is 10.2. The van der Waals surface area contributed by atoms with E-state index in [4.69, 9.17) is 33.8 Å². The number of halogens is 2. The molecule has 0 saturated carbocycles. The van der Waals surface area contributed by atoms with Gasteiger partial charge in [-0.25, -0.2) is 10.1 Å². The number of thioether (sulfide) groups is 1. The van der Waals surface area contributed by atoms with Gasteiger partial charge in [0.05, 0.1) is 29.1 Å². The van der Waals surface area contributed by atoms with Crippen molar-refractivity contribution < 1.29 is 9.53 Å². The van der Waals surface area contributed by atoms with Crippen LogP contribution in [0.25, 0.3) is 0 Å². The molecule has 0 saturated heterocycles. The minimum absolute atomic E-state index is 0.0912. The van der Waals surface area contributed by atoms with E-state index < -0.39 is 0 Å². The number of ether oxygens (including phenoxy) is 1. The normalized spacial score (nSPS) is 10.9. The first-order valence-electron chi connectivity index (χ1n) is 8.48. The van der Waals surface area contributed by atoms with Gasteiger partial charge in [-0.2, -0.15) is 5.10 Å². The number of benzene rings is 2. The van der Waals surface area contributed by atoms with Gasteiger partial charge in [-0.05, 0) is 18.2 Å². The molecule has 3 rings (SSSR count). The van der Waals surface area contributed by atoms with Gasteiger partial charge in [0.25, 0.3) is 5.95 Å². The highest BCUT2D eigenvalue weighted by atomic mass is 35.5. The minimum atomic E-state index is -0.223. The van der Waals surface area contributed by atoms with Crippen molar-refractivity contribution in [2.75, 3.05) is 29.4 Å². The zero-order chi connectivity index (χ0) is 21.5. The third-order valence-corrected chi connectivity index (χ3v) is 5.48. The van der Waals surface area contributed by atoms with Gasteiger partial charge in [0, 0.05) is 17.3 Å². The molecule has 0 bridgehead atoms. The molecule has 12 heteroatoms. The number of anilines is 2. The van der Waals surface area contributed by atoms with Crippen LogP contribution in [-0.2, 0) is 4.79 Å². The summed E-state index contributed by atoms with van der Waals surface area (Å²) < 4.78 is 6.32. The van der Waals surface area contributed by atoms with Crippen molar-refractivity contribution in [3.8, 4) is 5.75 Å². The Morgan fingerprint density at radius 2 is 2.10 bits per heavy atom. The first-order valence-corrected chi connectivity index (χ1v) is 10.2. The van der Waals surface area contributed by atoms with Crippen molar-refractivity contribution in [1.82, 2.24) is 14.9 Å². The summed E-state index contributed by atoms with van der Waals surface area (Å²) in [7, 11) is 1.56. The third-order valence-electron chi connectivity index (χ3n) is 3.70. The number of amides is 1. The highest BCUT2D eigenvalue weighted by Crippen LogP contribution is 2.24. The molecule has 1 amide bonds. The topological polar surface area (TPSA) is 119 Å². The van der Waals surface area contributed by atoms with Crippen molar-refractivity contribution in [2.24, 2.45) is 5.10 Å². The van der Waals surface area contributed by atoms with Crippen LogP contribution in [0.3, 0.4) is 0 Å². The number of nitrogen functional groups attached to an aromatic ring is 1. The lowest BCUT2D eigenvalue weighted by Crippen LogP contribution is -2.16. The molecular formula is C18H17Cl2N7O2S. The predicted octanol–water partition coefficient (Wildman–Crippen LogP) is 3.48. The Bertz CT molecular complexity index is 1070. The molecule has 0 aliphatic heterocycles. The van der Waals surface area contributed by atoms with Crippen molar-refractivity contribution in [2.45, 2.75) is 5.16 Å². The van der Waals surface area contributed by atoms with Crippen molar-refractivity contribution in [3.63, 3.8) is 0 Å². The van der Waals surface area contributed by atoms with Crippen molar-refractivity contribution >= 4 is 58.7 Å². The number of nitrogens with two attached hydrogens (primary N) is 1. The number of rotatable bonds is 8. The molecule has 0 aliphatic carbocycles. The monoisotopic (exact) mass is 465 g/mol. The van der Waals surface area contributed by atoms with Gasteiger partial charge in [-0.3, -0.25) is 4.79 Å². The summed E-state index contributed by atoms with van der Waals surface area (Å²) in [4.78, 5) is 12.2. The number of carbonyl (C=O) groups is 1. The fourth-order valence-electron chi connectivity index (χ4n) is 2.26. The number of carbonyl (C=O) groups excluding carboxylic acids is 1. The maximum atomic E-state index is 12.2. The molecule has 30 heavy (non-hydrogen) atoms. The largest absolute Gasteiger partial charge is 0.497 e. The molecule has 4 N–H and O–H groups in total. The summed E-state index contributed by atoms with van der Waals surface area (Å²) in [5.41, 5.74) is 3.93. The Morgan fingerprint density at radius 3 is 2.90 bits per heavy atom. The van der Waals surface area contributed by atoms with E-state index in [1.807, 2.05) is 0 Å². The SMILES string of the molecule is COc1cccc(NC(=O)CSc2nnc(N/N=C/c3cccc(Cl)c3Cl)n2N)c1. The van der Waals surface area contributed by atoms with E-state index in [2.05, 4.69) is 26.0 Å². The van der Waals surface area contributed by atoms with Gasteiger partial charge in [0.1, 0.15) is 5.75 Å². The smallest absolute Gasteiger partial charge is 0.264 e. The summed E-state index contributed by atoms with van der Waals surface area (Å²) in [6, 6.07) is 12.3. The quantitative estimate of drug-likeness (QED) is 0.201. The summed E-state index contributed by atoms with van der Waals surface area (Å²) in [6.45, 7) is 0. The Balaban J connectivity index is 1.55. The molecule has 0 radical (unpaired) electrons. The third kappa shape index (κ3) is 5.56. The Morgan fingerprint density at radius 1 is 1.30 bits per heavy atom. The van der Waals surface area contributed by atoms with E-state index in [9.17, 15) is 4.79 Å². The summed E-state index contributed by atoms with van der Waals surface area (Å²) in [5.74, 6) is 6.67. The zero-order valence-corrected chi connectivity index (χ0v) is 18.0. The lowest BCUT2D eigenvalue weighted by molar-refractivity contribution is -0.113. The van der Waals surface area contributed by atoms with E-state index in [0.717, 1.165) is 11.8 Å². The fraction of sp³-hybridized carbons (Fsp3) is 0.111. The van der Waals surface area contributed by atoms with Crippen LogP contribution in [-0.4, -0.2) is 39.9 Å².